The molecule has 0 aromatic heterocycles. The molecule has 1 aromatic rings. The highest BCUT2D eigenvalue weighted by molar-refractivity contribution is 7.89. The molecular formula is C21H29N3O4S. The van der Waals surface area contributed by atoms with Gasteiger partial charge in [0, 0.05) is 25.6 Å². The molecule has 0 bridgehead atoms. The molecule has 1 aromatic carbocycles. The normalized spacial score (nSPS) is 30.6. The van der Waals surface area contributed by atoms with Crippen molar-refractivity contribution < 1.29 is 18.0 Å². The summed E-state index contributed by atoms with van der Waals surface area (Å²) >= 11 is 0. The van der Waals surface area contributed by atoms with E-state index in [1.807, 2.05) is 32.0 Å². The van der Waals surface area contributed by atoms with Gasteiger partial charge in [0.15, 0.2) is 5.78 Å². The Morgan fingerprint density at radius 1 is 1.24 bits per heavy atom. The maximum absolute atomic E-state index is 13.7. The number of likely N-dealkylation sites (tertiary alicyclic amines) is 1. The molecule has 4 rings (SSSR count). The predicted molar refractivity (Wildman–Crippen MR) is 109 cm³/mol. The summed E-state index contributed by atoms with van der Waals surface area (Å²) in [6.07, 6.45) is 1.61. The van der Waals surface area contributed by atoms with E-state index in [2.05, 4.69) is 22.3 Å². The van der Waals surface area contributed by atoms with Crippen LogP contribution in [-0.2, 0) is 26.2 Å². The first-order valence-electron chi connectivity index (χ1n) is 10.2. The Morgan fingerprint density at radius 3 is 2.48 bits per heavy atom. The highest BCUT2D eigenvalue weighted by Gasteiger charge is 2.68. The summed E-state index contributed by atoms with van der Waals surface area (Å²) in [6.45, 7) is 6.31. The number of benzene rings is 1. The lowest BCUT2D eigenvalue weighted by Crippen LogP contribution is -2.61. The van der Waals surface area contributed by atoms with Gasteiger partial charge in [-0.05, 0) is 24.4 Å². The molecule has 3 atom stereocenters. The molecule has 3 heterocycles. The van der Waals surface area contributed by atoms with Crippen LogP contribution in [0, 0.1) is 17.3 Å². The minimum Gasteiger partial charge on any atom is -0.310 e. The van der Waals surface area contributed by atoms with Gasteiger partial charge in [0.25, 0.3) is 5.91 Å². The maximum atomic E-state index is 13.7. The van der Waals surface area contributed by atoms with Crippen LogP contribution in [0.4, 0.5) is 0 Å². The van der Waals surface area contributed by atoms with Crippen molar-refractivity contribution in [3.8, 4) is 0 Å². The summed E-state index contributed by atoms with van der Waals surface area (Å²) in [6, 6.07) is 9.17. The van der Waals surface area contributed by atoms with Crippen molar-refractivity contribution in [3.05, 3.63) is 35.9 Å². The average Bonchev–Trinajstić information content (AvgIpc) is 3.15. The number of sulfonamides is 1. The molecule has 29 heavy (non-hydrogen) atoms. The number of rotatable bonds is 6. The number of nitrogens with zero attached hydrogens (tertiary/aromatic N) is 2. The molecule has 3 saturated heterocycles. The molecule has 0 radical (unpaired) electrons. The molecule has 1 N–H and O–H groups in total. The van der Waals surface area contributed by atoms with Crippen LogP contribution in [0.2, 0.25) is 0 Å². The molecule has 3 fully saturated rings. The van der Waals surface area contributed by atoms with Gasteiger partial charge in [-0.1, -0.05) is 44.2 Å². The summed E-state index contributed by atoms with van der Waals surface area (Å²) in [5, 5.41) is 3.30. The molecule has 3 aliphatic rings. The predicted octanol–water partition coefficient (Wildman–Crippen LogP) is 0.862. The van der Waals surface area contributed by atoms with Crippen LogP contribution in [-0.4, -0.2) is 67.3 Å². The van der Waals surface area contributed by atoms with Crippen LogP contribution in [0.3, 0.4) is 0 Å². The van der Waals surface area contributed by atoms with E-state index in [1.54, 1.807) is 0 Å². The highest BCUT2D eigenvalue weighted by Crippen LogP contribution is 2.49. The number of nitrogens with one attached hydrogen (secondary N) is 1. The van der Waals surface area contributed by atoms with E-state index < -0.39 is 33.4 Å². The molecule has 0 unspecified atom stereocenters. The number of ketones is 1. The fourth-order valence-corrected chi connectivity index (χ4v) is 6.63. The van der Waals surface area contributed by atoms with E-state index in [9.17, 15) is 18.0 Å². The minimum absolute atomic E-state index is 0.0997. The molecule has 8 heteroatoms. The van der Waals surface area contributed by atoms with Crippen molar-refractivity contribution in [2.24, 2.45) is 17.3 Å². The Morgan fingerprint density at radius 2 is 1.90 bits per heavy atom. The Labute approximate surface area is 172 Å². The largest absolute Gasteiger partial charge is 0.310 e. The summed E-state index contributed by atoms with van der Waals surface area (Å²) in [5.41, 5.74) is -0.122. The topological polar surface area (TPSA) is 86.8 Å². The third kappa shape index (κ3) is 3.12. The first-order valence-corrected chi connectivity index (χ1v) is 12.1. The first-order chi connectivity index (χ1) is 13.7. The van der Waals surface area contributed by atoms with Gasteiger partial charge in [-0.25, -0.2) is 12.7 Å². The second kappa shape index (κ2) is 7.18. The molecule has 158 valence electrons. The molecule has 7 nitrogen and oxygen atoms in total. The third-order valence-electron chi connectivity index (χ3n) is 6.79. The van der Waals surface area contributed by atoms with Crippen LogP contribution in [0.5, 0.6) is 0 Å². The lowest BCUT2D eigenvalue weighted by Gasteiger charge is -2.44. The molecule has 1 amide bonds. The molecule has 0 aliphatic carbocycles. The van der Waals surface area contributed by atoms with Gasteiger partial charge in [0.2, 0.25) is 10.0 Å². The molecule has 0 spiro atoms. The molecular weight excluding hydrogens is 390 g/mol. The van der Waals surface area contributed by atoms with Crippen LogP contribution in [0.25, 0.3) is 0 Å². The van der Waals surface area contributed by atoms with Crippen molar-refractivity contribution in [2.75, 3.05) is 25.9 Å². The Hall–Kier alpha value is -1.77. The monoisotopic (exact) mass is 419 g/mol. The average molecular weight is 420 g/mol. The van der Waals surface area contributed by atoms with E-state index in [1.165, 1.54) is 5.56 Å². The standard InChI is InChI=1S/C21H29N3O4S/c1-14(2)21(18-17(9-10-22-18)24(20(21)26)29(3,27)28)19(25)16-12-23(13-16)11-15-7-5-4-6-8-15/h4-8,14,16-18,22H,9-13H2,1-3H3/t17-,18-,21+/m0/s1. The van der Waals surface area contributed by atoms with E-state index >= 15 is 0 Å². The van der Waals surface area contributed by atoms with Gasteiger partial charge in [-0.15, -0.1) is 0 Å². The third-order valence-corrected chi connectivity index (χ3v) is 7.94. The van der Waals surface area contributed by atoms with Gasteiger partial charge >= 0.3 is 0 Å². The summed E-state index contributed by atoms with van der Waals surface area (Å²) in [5.74, 6) is -1.16. The fourth-order valence-electron chi connectivity index (χ4n) is 5.46. The van der Waals surface area contributed by atoms with E-state index in [0.29, 0.717) is 26.1 Å². The van der Waals surface area contributed by atoms with Crippen molar-refractivity contribution in [1.82, 2.24) is 14.5 Å². The van der Waals surface area contributed by atoms with Gasteiger partial charge in [0.05, 0.1) is 18.3 Å². The zero-order valence-corrected chi connectivity index (χ0v) is 18.0. The highest BCUT2D eigenvalue weighted by atomic mass is 32.2. The summed E-state index contributed by atoms with van der Waals surface area (Å²) in [7, 11) is -3.73. The Balaban J connectivity index is 1.58. The minimum atomic E-state index is -3.73. The van der Waals surface area contributed by atoms with Crippen molar-refractivity contribution in [1.29, 1.82) is 0 Å². The maximum Gasteiger partial charge on any atom is 0.252 e. The van der Waals surface area contributed by atoms with E-state index in [-0.39, 0.29) is 17.6 Å². The fraction of sp³-hybridized carbons (Fsp3) is 0.619. The summed E-state index contributed by atoms with van der Waals surface area (Å²) in [4.78, 5) is 29.4. The van der Waals surface area contributed by atoms with Gasteiger partial charge in [-0.3, -0.25) is 14.5 Å². The Bertz CT molecular complexity index is 911. The van der Waals surface area contributed by atoms with Crippen LogP contribution < -0.4 is 5.32 Å². The SMILES string of the molecule is CC(C)[C@@]1(C(=O)C2CN(Cc3ccccc3)C2)C(=O)N(S(C)(=O)=O)[C@H]2CCN[C@@H]21. The van der Waals surface area contributed by atoms with Gasteiger partial charge in [-0.2, -0.15) is 0 Å². The quantitative estimate of drug-likeness (QED) is 0.689. The van der Waals surface area contributed by atoms with Gasteiger partial charge in [0.1, 0.15) is 5.41 Å². The van der Waals surface area contributed by atoms with Crippen LogP contribution in [0.1, 0.15) is 25.8 Å². The van der Waals surface area contributed by atoms with Crippen molar-refractivity contribution >= 4 is 21.7 Å². The number of fused-ring (bicyclic) bond motifs is 1. The smallest absolute Gasteiger partial charge is 0.252 e. The zero-order chi connectivity index (χ0) is 21.0. The van der Waals surface area contributed by atoms with Crippen molar-refractivity contribution in [2.45, 2.75) is 38.9 Å². The van der Waals surface area contributed by atoms with Gasteiger partial charge < -0.3 is 5.32 Å². The van der Waals surface area contributed by atoms with E-state index in [0.717, 1.165) is 17.1 Å². The molecule has 3 aliphatic heterocycles. The van der Waals surface area contributed by atoms with E-state index in [4.69, 9.17) is 0 Å². The van der Waals surface area contributed by atoms with Crippen LogP contribution in [0.15, 0.2) is 30.3 Å². The lowest BCUT2D eigenvalue weighted by molar-refractivity contribution is -0.152. The number of amides is 1. The number of hydrogen-bond acceptors (Lipinski definition) is 6. The number of carbonyl (C=O) groups excluding carboxylic acids is 2. The summed E-state index contributed by atoms with van der Waals surface area (Å²) < 4.78 is 25.8. The first kappa shape index (κ1) is 20.5. The number of hydrogen-bond donors (Lipinski definition) is 1. The Kier molecular flexibility index (Phi) is 5.07. The van der Waals surface area contributed by atoms with Crippen LogP contribution >= 0.6 is 0 Å². The lowest BCUT2D eigenvalue weighted by atomic mass is 9.64. The zero-order valence-electron chi connectivity index (χ0n) is 17.2. The second-order valence-corrected chi connectivity index (χ2v) is 10.8. The number of Topliss-reactive ketones (excluding diaryl/α,β-unsaturated/α-hetero) is 1. The number of carbonyl (C=O) groups is 2. The molecule has 0 saturated carbocycles. The second-order valence-electron chi connectivity index (χ2n) is 8.92. The van der Waals surface area contributed by atoms with Crippen molar-refractivity contribution in [3.63, 3.8) is 0 Å².